The SMILES string of the molecule is N#Cc1ccc(NC(=O)COC(=O)[C@@H](Cc2c[nH]c3ccccc23)NC(=O)c2ccc(F)cc2)cc1. The normalized spacial score (nSPS) is 11.3. The second kappa shape index (κ2) is 11.0. The van der Waals surface area contributed by atoms with Crippen LogP contribution >= 0.6 is 0 Å². The average molecular weight is 484 g/mol. The number of nitrogens with zero attached hydrogens (tertiary/aromatic N) is 1. The number of para-hydroxylation sites is 1. The Morgan fingerprint density at radius 2 is 1.72 bits per heavy atom. The van der Waals surface area contributed by atoms with Crippen LogP contribution in [0.15, 0.2) is 79.0 Å². The summed E-state index contributed by atoms with van der Waals surface area (Å²) in [5.41, 5.74) is 2.69. The summed E-state index contributed by atoms with van der Waals surface area (Å²) in [6.45, 7) is -0.574. The number of rotatable bonds is 8. The number of hydrogen-bond acceptors (Lipinski definition) is 5. The highest BCUT2D eigenvalue weighted by Gasteiger charge is 2.25. The van der Waals surface area contributed by atoms with E-state index in [1.165, 1.54) is 12.1 Å². The van der Waals surface area contributed by atoms with Crippen molar-refractivity contribution in [2.75, 3.05) is 11.9 Å². The van der Waals surface area contributed by atoms with Crippen LogP contribution in [0.3, 0.4) is 0 Å². The van der Waals surface area contributed by atoms with Crippen molar-refractivity contribution in [1.29, 1.82) is 5.26 Å². The molecular formula is C27H21FN4O4. The molecule has 0 spiro atoms. The van der Waals surface area contributed by atoms with Crippen LogP contribution in [0.2, 0.25) is 0 Å². The number of nitriles is 1. The van der Waals surface area contributed by atoms with Crippen LogP contribution in [-0.4, -0.2) is 35.4 Å². The lowest BCUT2D eigenvalue weighted by Gasteiger charge is -2.18. The number of carbonyl (C=O) groups is 3. The van der Waals surface area contributed by atoms with Gasteiger partial charge in [0.1, 0.15) is 11.9 Å². The first kappa shape index (κ1) is 24.2. The van der Waals surface area contributed by atoms with Gasteiger partial charge in [0.15, 0.2) is 6.61 Å². The molecule has 3 N–H and O–H groups in total. The van der Waals surface area contributed by atoms with Gasteiger partial charge in [-0.1, -0.05) is 18.2 Å². The molecule has 0 saturated carbocycles. The lowest BCUT2D eigenvalue weighted by atomic mass is 10.0. The van der Waals surface area contributed by atoms with Gasteiger partial charge >= 0.3 is 5.97 Å². The maximum absolute atomic E-state index is 13.3. The fraction of sp³-hybridized carbons (Fsp3) is 0.111. The third kappa shape index (κ3) is 5.93. The molecule has 8 nitrogen and oxygen atoms in total. The molecule has 3 aromatic carbocycles. The van der Waals surface area contributed by atoms with Crippen molar-refractivity contribution in [2.45, 2.75) is 12.5 Å². The molecule has 0 fully saturated rings. The summed E-state index contributed by atoms with van der Waals surface area (Å²) >= 11 is 0. The number of aromatic nitrogens is 1. The van der Waals surface area contributed by atoms with Gasteiger partial charge in [-0.25, -0.2) is 9.18 Å². The highest BCUT2D eigenvalue weighted by Crippen LogP contribution is 2.20. The van der Waals surface area contributed by atoms with Crippen molar-refractivity contribution in [3.05, 3.63) is 102 Å². The van der Waals surface area contributed by atoms with Gasteiger partial charge in [0.25, 0.3) is 11.8 Å². The number of carbonyl (C=O) groups excluding carboxylic acids is 3. The fourth-order valence-corrected chi connectivity index (χ4v) is 3.62. The van der Waals surface area contributed by atoms with Crippen molar-refractivity contribution in [3.8, 4) is 6.07 Å². The minimum atomic E-state index is -1.11. The number of esters is 1. The molecule has 4 aromatic rings. The van der Waals surface area contributed by atoms with E-state index in [0.29, 0.717) is 11.3 Å². The van der Waals surface area contributed by atoms with Crippen LogP contribution in [0.4, 0.5) is 10.1 Å². The van der Waals surface area contributed by atoms with Crippen molar-refractivity contribution < 1.29 is 23.5 Å². The minimum Gasteiger partial charge on any atom is -0.454 e. The van der Waals surface area contributed by atoms with Gasteiger partial charge in [-0.15, -0.1) is 0 Å². The molecule has 9 heteroatoms. The van der Waals surface area contributed by atoms with Gasteiger partial charge in [-0.3, -0.25) is 9.59 Å². The molecule has 1 aromatic heterocycles. The largest absolute Gasteiger partial charge is 0.454 e. The highest BCUT2D eigenvalue weighted by molar-refractivity contribution is 5.98. The third-order valence-corrected chi connectivity index (χ3v) is 5.44. The van der Waals surface area contributed by atoms with Gasteiger partial charge < -0.3 is 20.4 Å². The van der Waals surface area contributed by atoms with Gasteiger partial charge in [-0.05, 0) is 60.2 Å². The number of benzene rings is 3. The third-order valence-electron chi connectivity index (χ3n) is 5.44. The molecular weight excluding hydrogens is 463 g/mol. The van der Waals surface area contributed by atoms with E-state index in [9.17, 15) is 18.8 Å². The van der Waals surface area contributed by atoms with Gasteiger partial charge in [0.05, 0.1) is 11.6 Å². The zero-order chi connectivity index (χ0) is 25.5. The Hall–Kier alpha value is -4.97. The number of amides is 2. The molecule has 0 aliphatic rings. The Labute approximate surface area is 205 Å². The molecule has 0 unspecified atom stereocenters. The molecule has 2 amide bonds. The van der Waals surface area contributed by atoms with E-state index in [0.717, 1.165) is 28.6 Å². The van der Waals surface area contributed by atoms with Crippen LogP contribution in [-0.2, 0) is 20.7 Å². The summed E-state index contributed by atoms with van der Waals surface area (Å²) in [6.07, 6.45) is 1.85. The number of ether oxygens (including phenoxy) is 1. The molecule has 4 rings (SSSR count). The Morgan fingerprint density at radius 3 is 2.44 bits per heavy atom. The molecule has 180 valence electrons. The quantitative estimate of drug-likeness (QED) is 0.329. The van der Waals surface area contributed by atoms with E-state index in [-0.39, 0.29) is 12.0 Å². The lowest BCUT2D eigenvalue weighted by Crippen LogP contribution is -2.44. The van der Waals surface area contributed by atoms with Crippen molar-refractivity contribution in [1.82, 2.24) is 10.3 Å². The van der Waals surface area contributed by atoms with Crippen LogP contribution < -0.4 is 10.6 Å². The lowest BCUT2D eigenvalue weighted by molar-refractivity contribution is -0.149. The second-order valence-electron chi connectivity index (χ2n) is 7.94. The summed E-state index contributed by atoms with van der Waals surface area (Å²) in [7, 11) is 0. The van der Waals surface area contributed by atoms with E-state index in [1.807, 2.05) is 30.3 Å². The van der Waals surface area contributed by atoms with Crippen molar-refractivity contribution >= 4 is 34.4 Å². The molecule has 1 atom stereocenters. The number of nitrogens with one attached hydrogen (secondary N) is 3. The molecule has 0 aliphatic carbocycles. The molecule has 0 aliphatic heterocycles. The number of anilines is 1. The van der Waals surface area contributed by atoms with Gasteiger partial charge in [0, 0.05) is 34.8 Å². The predicted molar refractivity (Wildman–Crippen MR) is 130 cm³/mol. The molecule has 0 bridgehead atoms. The van der Waals surface area contributed by atoms with Gasteiger partial charge in [-0.2, -0.15) is 5.26 Å². The molecule has 1 heterocycles. The van der Waals surface area contributed by atoms with E-state index >= 15 is 0 Å². The average Bonchev–Trinajstić information content (AvgIpc) is 3.30. The first-order chi connectivity index (χ1) is 17.4. The zero-order valence-corrected chi connectivity index (χ0v) is 19.0. The number of aromatic amines is 1. The highest BCUT2D eigenvalue weighted by atomic mass is 19.1. The Balaban J connectivity index is 1.45. The maximum Gasteiger partial charge on any atom is 0.329 e. The second-order valence-corrected chi connectivity index (χ2v) is 7.94. The number of H-pyrrole nitrogens is 1. The van der Waals surface area contributed by atoms with Crippen LogP contribution in [0, 0.1) is 17.1 Å². The summed E-state index contributed by atoms with van der Waals surface area (Å²) in [5.74, 6) is -2.46. The number of halogens is 1. The topological polar surface area (TPSA) is 124 Å². The van der Waals surface area contributed by atoms with E-state index < -0.39 is 36.2 Å². The first-order valence-electron chi connectivity index (χ1n) is 11.0. The fourth-order valence-electron chi connectivity index (χ4n) is 3.62. The molecule has 0 radical (unpaired) electrons. The standard InChI is InChI=1S/C27H21FN4O4/c28-20-9-7-18(8-10-20)26(34)32-24(13-19-15-30-23-4-2-1-3-22(19)23)27(35)36-16-25(33)31-21-11-5-17(14-29)6-12-21/h1-12,15,24,30H,13,16H2,(H,31,33)(H,32,34)/t24-/m1/s1. The molecule has 0 saturated heterocycles. The Morgan fingerprint density at radius 1 is 1.00 bits per heavy atom. The monoisotopic (exact) mass is 484 g/mol. The number of hydrogen-bond donors (Lipinski definition) is 3. The predicted octanol–water partition coefficient (Wildman–Crippen LogP) is 3.70. The van der Waals surface area contributed by atoms with Crippen LogP contribution in [0.5, 0.6) is 0 Å². The van der Waals surface area contributed by atoms with E-state index in [1.54, 1.807) is 30.5 Å². The van der Waals surface area contributed by atoms with Crippen LogP contribution in [0.1, 0.15) is 21.5 Å². The Kier molecular flexibility index (Phi) is 7.36. The summed E-state index contributed by atoms with van der Waals surface area (Å²) in [6, 6.07) is 19.5. The molecule has 36 heavy (non-hydrogen) atoms. The first-order valence-corrected chi connectivity index (χ1v) is 11.0. The summed E-state index contributed by atoms with van der Waals surface area (Å²) in [4.78, 5) is 41.1. The smallest absolute Gasteiger partial charge is 0.329 e. The Bertz CT molecular complexity index is 1440. The van der Waals surface area contributed by atoms with Crippen LogP contribution in [0.25, 0.3) is 10.9 Å². The zero-order valence-electron chi connectivity index (χ0n) is 19.0. The van der Waals surface area contributed by atoms with Crippen molar-refractivity contribution in [3.63, 3.8) is 0 Å². The summed E-state index contributed by atoms with van der Waals surface area (Å²) in [5, 5.41) is 14.9. The maximum atomic E-state index is 13.3. The van der Waals surface area contributed by atoms with Crippen molar-refractivity contribution in [2.24, 2.45) is 0 Å². The summed E-state index contributed by atoms with van der Waals surface area (Å²) < 4.78 is 18.5. The van der Waals surface area contributed by atoms with Gasteiger partial charge in [0.2, 0.25) is 0 Å². The van der Waals surface area contributed by atoms with E-state index in [2.05, 4.69) is 15.6 Å². The number of fused-ring (bicyclic) bond motifs is 1. The van der Waals surface area contributed by atoms with E-state index in [4.69, 9.17) is 10.00 Å². The minimum absolute atomic E-state index is 0.104.